The van der Waals surface area contributed by atoms with Crippen molar-refractivity contribution in [1.82, 2.24) is 4.90 Å². The highest BCUT2D eigenvalue weighted by Gasteiger charge is 2.27. The number of hydrogen-bond donors (Lipinski definition) is 1. The maximum absolute atomic E-state index is 12.4. The van der Waals surface area contributed by atoms with Crippen molar-refractivity contribution >= 4 is 17.5 Å². The van der Waals surface area contributed by atoms with Gasteiger partial charge in [0.2, 0.25) is 11.8 Å². The third-order valence-corrected chi connectivity index (χ3v) is 4.20. The van der Waals surface area contributed by atoms with Crippen molar-refractivity contribution in [3.63, 3.8) is 0 Å². The summed E-state index contributed by atoms with van der Waals surface area (Å²) in [4.78, 5) is 26.3. The number of carbonyl (C=O) groups excluding carboxylic acids is 2. The van der Waals surface area contributed by atoms with Crippen LogP contribution < -0.4 is 5.32 Å². The molecule has 1 aliphatic rings. The Kier molecular flexibility index (Phi) is 5.58. The lowest BCUT2D eigenvalue weighted by Crippen LogP contribution is -2.41. The van der Waals surface area contributed by atoms with E-state index in [1.165, 1.54) is 0 Å². The number of nitrogens with zero attached hydrogens (tertiary/aromatic N) is 1. The van der Waals surface area contributed by atoms with Gasteiger partial charge >= 0.3 is 0 Å². The number of para-hydroxylation sites is 1. The van der Waals surface area contributed by atoms with Gasteiger partial charge in [-0.25, -0.2) is 0 Å². The number of carbonyl (C=O) groups is 2. The van der Waals surface area contributed by atoms with Gasteiger partial charge in [0.05, 0.1) is 0 Å². The molecule has 0 aliphatic carbocycles. The second kappa shape index (κ2) is 7.43. The zero-order valence-corrected chi connectivity index (χ0v) is 13.8. The number of piperidine rings is 1. The van der Waals surface area contributed by atoms with E-state index in [1.54, 1.807) is 0 Å². The predicted octanol–water partition coefficient (Wildman–Crippen LogP) is 3.22. The Balaban J connectivity index is 1.85. The number of anilines is 1. The van der Waals surface area contributed by atoms with Crippen molar-refractivity contribution in [2.24, 2.45) is 11.8 Å². The van der Waals surface area contributed by atoms with Gasteiger partial charge in [0.25, 0.3) is 0 Å². The first-order chi connectivity index (χ1) is 10.5. The summed E-state index contributed by atoms with van der Waals surface area (Å²) in [5.74, 6) is 0.676. The van der Waals surface area contributed by atoms with Crippen LogP contribution in [-0.2, 0) is 9.59 Å². The van der Waals surface area contributed by atoms with E-state index in [0.29, 0.717) is 25.4 Å². The van der Waals surface area contributed by atoms with Crippen LogP contribution in [0.25, 0.3) is 0 Å². The van der Waals surface area contributed by atoms with Crippen LogP contribution in [0.1, 0.15) is 38.7 Å². The summed E-state index contributed by atoms with van der Waals surface area (Å²) in [7, 11) is 0. The molecule has 4 heteroatoms. The summed E-state index contributed by atoms with van der Waals surface area (Å²) >= 11 is 0. The van der Waals surface area contributed by atoms with Crippen molar-refractivity contribution < 1.29 is 9.59 Å². The van der Waals surface area contributed by atoms with E-state index in [1.807, 2.05) is 36.1 Å². The van der Waals surface area contributed by atoms with Gasteiger partial charge in [-0.05, 0) is 37.3 Å². The summed E-state index contributed by atoms with van der Waals surface area (Å²) in [6, 6.07) is 7.80. The number of aryl methyl sites for hydroxylation is 1. The number of amides is 2. The fourth-order valence-electron chi connectivity index (χ4n) is 2.82. The normalized spacial score (nSPS) is 15.9. The molecule has 0 aromatic heterocycles. The highest BCUT2D eigenvalue weighted by molar-refractivity contribution is 5.93. The minimum absolute atomic E-state index is 0.00251. The lowest BCUT2D eigenvalue weighted by Gasteiger charge is -2.32. The molecule has 0 atom stereocenters. The zero-order valence-electron chi connectivity index (χ0n) is 13.8. The summed E-state index contributed by atoms with van der Waals surface area (Å²) in [5, 5.41) is 3.01. The monoisotopic (exact) mass is 302 g/mol. The molecule has 1 heterocycles. The van der Waals surface area contributed by atoms with Gasteiger partial charge in [0.15, 0.2) is 0 Å². The lowest BCUT2D eigenvalue weighted by atomic mass is 9.95. The van der Waals surface area contributed by atoms with Gasteiger partial charge in [-0.3, -0.25) is 9.59 Å². The second-order valence-corrected chi connectivity index (χ2v) is 6.56. The molecule has 0 radical (unpaired) electrons. The minimum atomic E-state index is 0.00251. The first-order valence-electron chi connectivity index (χ1n) is 8.11. The van der Waals surface area contributed by atoms with Gasteiger partial charge in [-0.15, -0.1) is 0 Å². The molecule has 1 saturated heterocycles. The van der Waals surface area contributed by atoms with E-state index in [9.17, 15) is 9.59 Å². The van der Waals surface area contributed by atoms with Gasteiger partial charge in [0, 0.05) is 31.1 Å². The highest BCUT2D eigenvalue weighted by Crippen LogP contribution is 2.22. The van der Waals surface area contributed by atoms with E-state index >= 15 is 0 Å². The molecule has 1 N–H and O–H groups in total. The van der Waals surface area contributed by atoms with Gasteiger partial charge in [0.1, 0.15) is 0 Å². The van der Waals surface area contributed by atoms with Crippen molar-refractivity contribution in [2.75, 3.05) is 18.4 Å². The topological polar surface area (TPSA) is 49.4 Å². The van der Waals surface area contributed by atoms with Crippen molar-refractivity contribution in [1.29, 1.82) is 0 Å². The van der Waals surface area contributed by atoms with Crippen LogP contribution in [0.2, 0.25) is 0 Å². The molecule has 120 valence electrons. The Morgan fingerprint density at radius 2 is 1.86 bits per heavy atom. The fraction of sp³-hybridized carbons (Fsp3) is 0.556. The fourth-order valence-corrected chi connectivity index (χ4v) is 2.82. The molecule has 2 rings (SSSR count). The Morgan fingerprint density at radius 1 is 1.23 bits per heavy atom. The van der Waals surface area contributed by atoms with Crippen LogP contribution in [0.15, 0.2) is 24.3 Å². The molecule has 22 heavy (non-hydrogen) atoms. The summed E-state index contributed by atoms with van der Waals surface area (Å²) in [5.41, 5.74) is 1.95. The molecule has 4 nitrogen and oxygen atoms in total. The SMILES string of the molecule is Cc1ccccc1NC(=O)C1CCN(C(=O)CC(C)C)CC1. The first-order valence-corrected chi connectivity index (χ1v) is 8.11. The smallest absolute Gasteiger partial charge is 0.227 e. The third kappa shape index (κ3) is 4.33. The molecule has 0 spiro atoms. The van der Waals surface area contributed by atoms with E-state index in [2.05, 4.69) is 19.2 Å². The Bertz CT molecular complexity index is 532. The zero-order chi connectivity index (χ0) is 16.1. The molecule has 2 amide bonds. The second-order valence-electron chi connectivity index (χ2n) is 6.56. The van der Waals surface area contributed by atoms with Crippen molar-refractivity contribution in [3.05, 3.63) is 29.8 Å². The first kappa shape index (κ1) is 16.5. The molecule has 0 unspecified atom stereocenters. The molecule has 1 aromatic carbocycles. The molecule has 0 saturated carbocycles. The molecular weight excluding hydrogens is 276 g/mol. The maximum atomic E-state index is 12.4. The quantitative estimate of drug-likeness (QED) is 0.928. The van der Waals surface area contributed by atoms with Gasteiger partial charge < -0.3 is 10.2 Å². The standard InChI is InChI=1S/C18H26N2O2/c1-13(2)12-17(21)20-10-8-15(9-11-20)18(22)19-16-7-5-4-6-14(16)3/h4-7,13,15H,8-12H2,1-3H3,(H,19,22). The maximum Gasteiger partial charge on any atom is 0.227 e. The lowest BCUT2D eigenvalue weighted by molar-refractivity contribution is -0.135. The van der Waals surface area contributed by atoms with Crippen molar-refractivity contribution in [3.8, 4) is 0 Å². The van der Waals surface area contributed by atoms with Crippen molar-refractivity contribution in [2.45, 2.75) is 40.0 Å². The number of nitrogens with one attached hydrogen (secondary N) is 1. The third-order valence-electron chi connectivity index (χ3n) is 4.20. The minimum Gasteiger partial charge on any atom is -0.343 e. The number of rotatable bonds is 4. The Morgan fingerprint density at radius 3 is 2.45 bits per heavy atom. The van der Waals surface area contributed by atoms with Crippen LogP contribution >= 0.6 is 0 Å². The average Bonchev–Trinajstić information content (AvgIpc) is 2.49. The molecular formula is C18H26N2O2. The average molecular weight is 302 g/mol. The van der Waals surface area contributed by atoms with E-state index in [0.717, 1.165) is 24.1 Å². The number of benzene rings is 1. The summed E-state index contributed by atoms with van der Waals surface area (Å²) < 4.78 is 0. The van der Waals surface area contributed by atoms with Crippen LogP contribution in [0.4, 0.5) is 5.69 Å². The number of hydrogen-bond acceptors (Lipinski definition) is 2. The Labute approximate surface area is 132 Å². The van der Waals surface area contributed by atoms with Crippen LogP contribution in [0.3, 0.4) is 0 Å². The largest absolute Gasteiger partial charge is 0.343 e. The van der Waals surface area contributed by atoms with Gasteiger partial charge in [-0.1, -0.05) is 32.0 Å². The van der Waals surface area contributed by atoms with Crippen LogP contribution in [0.5, 0.6) is 0 Å². The van der Waals surface area contributed by atoms with Crippen LogP contribution in [0, 0.1) is 18.8 Å². The molecule has 1 aliphatic heterocycles. The van der Waals surface area contributed by atoms with E-state index in [-0.39, 0.29) is 17.7 Å². The predicted molar refractivity (Wildman–Crippen MR) is 88.6 cm³/mol. The van der Waals surface area contributed by atoms with E-state index in [4.69, 9.17) is 0 Å². The highest BCUT2D eigenvalue weighted by atomic mass is 16.2. The summed E-state index contributed by atoms with van der Waals surface area (Å²) in [6.07, 6.45) is 2.10. The summed E-state index contributed by atoms with van der Waals surface area (Å²) in [6.45, 7) is 7.48. The number of likely N-dealkylation sites (tertiary alicyclic amines) is 1. The molecule has 1 fully saturated rings. The Hall–Kier alpha value is -1.84. The van der Waals surface area contributed by atoms with Gasteiger partial charge in [-0.2, -0.15) is 0 Å². The van der Waals surface area contributed by atoms with E-state index < -0.39 is 0 Å². The van der Waals surface area contributed by atoms with Crippen LogP contribution in [-0.4, -0.2) is 29.8 Å². The molecule has 0 bridgehead atoms. The molecule has 1 aromatic rings.